The molecule has 1 aliphatic heterocycles. The Morgan fingerprint density at radius 3 is 2.62 bits per heavy atom. The Kier molecular flexibility index (Phi) is 5.54. The van der Waals surface area contributed by atoms with Crippen molar-refractivity contribution in [1.29, 1.82) is 5.26 Å². The molecule has 0 bridgehead atoms. The van der Waals surface area contributed by atoms with Crippen molar-refractivity contribution in [3.63, 3.8) is 0 Å². The summed E-state index contributed by atoms with van der Waals surface area (Å²) in [5, 5.41) is 12.7. The van der Waals surface area contributed by atoms with Gasteiger partial charge in [0.25, 0.3) is 5.91 Å². The molecule has 0 aliphatic carbocycles. The highest BCUT2D eigenvalue weighted by atomic mass is 32.2. The van der Waals surface area contributed by atoms with E-state index in [1.165, 1.54) is 10.4 Å². The summed E-state index contributed by atoms with van der Waals surface area (Å²) >= 11 is 3.38. The molecule has 0 saturated carbocycles. The normalized spacial score (nSPS) is 16.2. The average Bonchev–Trinajstić information content (AvgIpc) is 3.38. The standard InChI is InChI=1S/C21H18N2O3S3/c22-9-13-29(25,26)14-15-3-5-16(6-4-15)21(24)23-10-7-18-17(8-12-28-18)20(23)19-2-1-11-27-19/h1-6,8,11-12,20H,7,10,13-14H2. The number of sulfone groups is 1. The molecule has 3 heterocycles. The van der Waals surface area contributed by atoms with Crippen molar-refractivity contribution in [1.82, 2.24) is 4.90 Å². The van der Waals surface area contributed by atoms with Gasteiger partial charge in [-0.1, -0.05) is 18.2 Å². The largest absolute Gasteiger partial charge is 0.326 e. The Labute approximate surface area is 177 Å². The van der Waals surface area contributed by atoms with Crippen LogP contribution in [0.2, 0.25) is 0 Å². The number of nitrogens with zero attached hydrogens (tertiary/aromatic N) is 2. The fourth-order valence-electron chi connectivity index (χ4n) is 3.60. The van der Waals surface area contributed by atoms with Gasteiger partial charge >= 0.3 is 0 Å². The number of amides is 1. The lowest BCUT2D eigenvalue weighted by molar-refractivity contribution is 0.0699. The third-order valence-electron chi connectivity index (χ3n) is 4.91. The molecule has 0 saturated heterocycles. The van der Waals surface area contributed by atoms with Crippen LogP contribution < -0.4 is 0 Å². The maximum Gasteiger partial charge on any atom is 0.254 e. The van der Waals surface area contributed by atoms with E-state index in [4.69, 9.17) is 5.26 Å². The lowest BCUT2D eigenvalue weighted by atomic mass is 9.97. The minimum absolute atomic E-state index is 0.0633. The zero-order valence-corrected chi connectivity index (χ0v) is 17.9. The molecule has 4 rings (SSSR count). The Morgan fingerprint density at radius 1 is 1.14 bits per heavy atom. The summed E-state index contributed by atoms with van der Waals surface area (Å²) in [6, 6.07) is 14.4. The molecule has 1 aromatic carbocycles. The molecule has 1 aliphatic rings. The minimum Gasteiger partial charge on any atom is -0.326 e. The predicted octanol–water partition coefficient (Wildman–Crippen LogP) is 4.04. The maximum absolute atomic E-state index is 13.3. The van der Waals surface area contributed by atoms with Crippen LogP contribution in [0, 0.1) is 11.3 Å². The lowest BCUT2D eigenvalue weighted by Crippen LogP contribution is -2.39. The molecule has 29 heavy (non-hydrogen) atoms. The van der Waals surface area contributed by atoms with Crippen molar-refractivity contribution in [2.75, 3.05) is 12.3 Å². The van der Waals surface area contributed by atoms with E-state index < -0.39 is 15.6 Å². The molecule has 0 radical (unpaired) electrons. The van der Waals surface area contributed by atoms with E-state index >= 15 is 0 Å². The second kappa shape index (κ2) is 8.11. The molecular weight excluding hydrogens is 424 g/mol. The number of hydrogen-bond donors (Lipinski definition) is 0. The fraction of sp³-hybridized carbons (Fsp3) is 0.238. The Bertz CT molecular complexity index is 1160. The van der Waals surface area contributed by atoms with Crippen LogP contribution in [0.25, 0.3) is 0 Å². The summed E-state index contributed by atoms with van der Waals surface area (Å²) < 4.78 is 23.7. The molecule has 1 unspecified atom stereocenters. The molecule has 5 nitrogen and oxygen atoms in total. The maximum atomic E-state index is 13.3. The van der Waals surface area contributed by atoms with Crippen LogP contribution in [0.3, 0.4) is 0 Å². The van der Waals surface area contributed by atoms with Gasteiger partial charge in [0.1, 0.15) is 5.75 Å². The van der Waals surface area contributed by atoms with Gasteiger partial charge in [0, 0.05) is 21.9 Å². The predicted molar refractivity (Wildman–Crippen MR) is 115 cm³/mol. The molecule has 0 N–H and O–H groups in total. The van der Waals surface area contributed by atoms with Crippen molar-refractivity contribution in [2.24, 2.45) is 0 Å². The van der Waals surface area contributed by atoms with E-state index in [2.05, 4.69) is 17.5 Å². The second-order valence-electron chi connectivity index (χ2n) is 6.85. The van der Waals surface area contributed by atoms with Crippen LogP contribution in [0.5, 0.6) is 0 Å². The fourth-order valence-corrected chi connectivity index (χ4v) is 6.36. The van der Waals surface area contributed by atoms with Crippen molar-refractivity contribution < 1.29 is 13.2 Å². The number of hydrogen-bond acceptors (Lipinski definition) is 6. The van der Waals surface area contributed by atoms with E-state index in [9.17, 15) is 13.2 Å². The summed E-state index contributed by atoms with van der Waals surface area (Å²) in [4.78, 5) is 17.7. The van der Waals surface area contributed by atoms with Gasteiger partial charge in [-0.05, 0) is 52.6 Å². The van der Waals surface area contributed by atoms with Crippen molar-refractivity contribution >= 4 is 38.4 Å². The van der Waals surface area contributed by atoms with Crippen LogP contribution in [0.4, 0.5) is 0 Å². The van der Waals surface area contributed by atoms with Gasteiger partial charge in [-0.3, -0.25) is 4.79 Å². The molecule has 1 atom stereocenters. The number of rotatable bonds is 5. The zero-order chi connectivity index (χ0) is 20.4. The number of thiophene rings is 2. The summed E-state index contributed by atoms with van der Waals surface area (Å²) in [7, 11) is -3.46. The van der Waals surface area contributed by atoms with Crippen molar-refractivity contribution in [3.05, 3.63) is 79.7 Å². The minimum atomic E-state index is -3.46. The van der Waals surface area contributed by atoms with Crippen molar-refractivity contribution in [3.8, 4) is 6.07 Å². The Hall–Kier alpha value is -2.47. The molecule has 8 heteroatoms. The molecule has 0 fully saturated rings. The van der Waals surface area contributed by atoms with Gasteiger partial charge in [-0.25, -0.2) is 8.42 Å². The van der Waals surface area contributed by atoms with Gasteiger partial charge in [-0.2, -0.15) is 5.26 Å². The van der Waals surface area contributed by atoms with E-state index in [1.807, 2.05) is 16.3 Å². The summed E-state index contributed by atoms with van der Waals surface area (Å²) in [6.07, 6.45) is 0.838. The molecule has 148 valence electrons. The van der Waals surface area contributed by atoms with Crippen LogP contribution in [-0.2, 0) is 22.0 Å². The van der Waals surface area contributed by atoms with E-state index in [0.717, 1.165) is 11.3 Å². The SMILES string of the molecule is N#CCS(=O)(=O)Cc1ccc(C(=O)N2CCc3sccc3C2c2cccs2)cc1. The third kappa shape index (κ3) is 4.13. The second-order valence-corrected chi connectivity index (χ2v) is 10.9. The number of fused-ring (bicyclic) bond motifs is 1. The van der Waals surface area contributed by atoms with E-state index in [0.29, 0.717) is 17.7 Å². The highest BCUT2D eigenvalue weighted by molar-refractivity contribution is 7.90. The number of benzene rings is 1. The lowest BCUT2D eigenvalue weighted by Gasteiger charge is -2.35. The van der Waals surface area contributed by atoms with Crippen LogP contribution in [-0.4, -0.2) is 31.5 Å². The van der Waals surface area contributed by atoms with E-state index in [1.54, 1.807) is 53.0 Å². The smallest absolute Gasteiger partial charge is 0.254 e. The first kappa shape index (κ1) is 19.8. The summed E-state index contributed by atoms with van der Waals surface area (Å²) in [5.41, 5.74) is 2.30. The number of carbonyl (C=O) groups excluding carboxylic acids is 1. The highest BCUT2D eigenvalue weighted by Gasteiger charge is 2.33. The van der Waals surface area contributed by atoms with Crippen molar-refractivity contribution in [2.45, 2.75) is 18.2 Å². The van der Waals surface area contributed by atoms with Gasteiger partial charge in [0.15, 0.2) is 9.84 Å². The van der Waals surface area contributed by atoms with Gasteiger partial charge in [0.2, 0.25) is 0 Å². The number of carbonyl (C=O) groups is 1. The van der Waals surface area contributed by atoms with Gasteiger partial charge in [-0.15, -0.1) is 22.7 Å². The zero-order valence-electron chi connectivity index (χ0n) is 15.4. The molecular formula is C21H18N2O3S3. The Morgan fingerprint density at radius 2 is 1.93 bits per heavy atom. The quantitative estimate of drug-likeness (QED) is 0.597. The van der Waals surface area contributed by atoms with Gasteiger partial charge < -0.3 is 4.90 Å². The summed E-state index contributed by atoms with van der Waals surface area (Å²) in [6.45, 7) is 0.646. The van der Waals surface area contributed by atoms with E-state index in [-0.39, 0.29) is 17.7 Å². The third-order valence-corrected chi connectivity index (χ3v) is 8.17. The van der Waals surface area contributed by atoms with Gasteiger partial charge in [0.05, 0.1) is 17.9 Å². The summed E-state index contributed by atoms with van der Waals surface area (Å²) in [5.74, 6) is -0.770. The van der Waals surface area contributed by atoms with Crippen LogP contribution in [0.1, 0.15) is 37.3 Å². The molecule has 0 spiro atoms. The first-order valence-corrected chi connectivity index (χ1v) is 12.6. The monoisotopic (exact) mass is 442 g/mol. The highest BCUT2D eigenvalue weighted by Crippen LogP contribution is 2.40. The van der Waals surface area contributed by atoms with Crippen LogP contribution in [0.15, 0.2) is 53.2 Å². The first-order valence-electron chi connectivity index (χ1n) is 9.05. The molecule has 1 amide bonds. The average molecular weight is 443 g/mol. The first-order chi connectivity index (χ1) is 14.0. The van der Waals surface area contributed by atoms with Crippen LogP contribution >= 0.6 is 22.7 Å². The topological polar surface area (TPSA) is 78.2 Å². The molecule has 3 aromatic rings. The Balaban J connectivity index is 1.60. The molecule has 2 aromatic heterocycles. The number of nitriles is 1.